The largest absolute Gasteiger partial charge is 0.378 e. The summed E-state index contributed by atoms with van der Waals surface area (Å²) in [5.41, 5.74) is 1.57. The van der Waals surface area contributed by atoms with Crippen molar-refractivity contribution < 1.29 is 13.2 Å². The van der Waals surface area contributed by atoms with Gasteiger partial charge in [0, 0.05) is 38.3 Å². The van der Waals surface area contributed by atoms with Crippen molar-refractivity contribution in [2.45, 2.75) is 24.3 Å². The van der Waals surface area contributed by atoms with E-state index in [1.165, 1.54) is 0 Å². The first-order valence-corrected chi connectivity index (χ1v) is 12.1. The lowest BCUT2D eigenvalue weighted by Crippen LogP contribution is -2.42. The van der Waals surface area contributed by atoms with Gasteiger partial charge >= 0.3 is 0 Å². The molecule has 1 atom stereocenters. The Morgan fingerprint density at radius 3 is 2.84 bits per heavy atom. The molecule has 0 bridgehead atoms. The van der Waals surface area contributed by atoms with E-state index in [0.29, 0.717) is 31.3 Å². The van der Waals surface area contributed by atoms with Crippen LogP contribution in [0, 0.1) is 5.92 Å². The second kappa shape index (κ2) is 8.52. The third-order valence-electron chi connectivity index (χ3n) is 5.92. The Labute approximate surface area is 182 Å². The Balaban J connectivity index is 1.29. The van der Waals surface area contributed by atoms with Gasteiger partial charge in [0.25, 0.3) is 10.0 Å². The van der Waals surface area contributed by atoms with Gasteiger partial charge in [-0.3, -0.25) is 4.90 Å². The molecule has 1 aromatic carbocycles. The molecule has 0 aliphatic carbocycles. The number of para-hydroxylation sites is 1. The quantitative estimate of drug-likeness (QED) is 0.764. The number of nitrogens with one attached hydrogen (secondary N) is 1. The number of anilines is 2. The molecular formula is C21H26N6O3S. The Morgan fingerprint density at radius 1 is 1.13 bits per heavy atom. The summed E-state index contributed by atoms with van der Waals surface area (Å²) in [6, 6.07) is 8.87. The maximum absolute atomic E-state index is 12.6. The number of amidine groups is 1. The zero-order valence-electron chi connectivity index (χ0n) is 17.3. The van der Waals surface area contributed by atoms with Crippen LogP contribution in [0.5, 0.6) is 0 Å². The van der Waals surface area contributed by atoms with Crippen LogP contribution in [0.15, 0.2) is 45.8 Å². The van der Waals surface area contributed by atoms with Crippen LogP contribution in [0.4, 0.5) is 11.6 Å². The molecule has 9 nitrogen and oxygen atoms in total. The van der Waals surface area contributed by atoms with E-state index in [2.05, 4.69) is 24.5 Å². The highest BCUT2D eigenvalue weighted by atomic mass is 32.2. The molecule has 1 N–H and O–H groups in total. The number of hydrogen-bond donors (Lipinski definition) is 1. The first kappa shape index (κ1) is 20.3. The fourth-order valence-electron chi connectivity index (χ4n) is 4.35. The first-order chi connectivity index (χ1) is 15.1. The molecule has 5 rings (SSSR count). The van der Waals surface area contributed by atoms with E-state index in [4.69, 9.17) is 9.72 Å². The van der Waals surface area contributed by atoms with Crippen LogP contribution in [0.3, 0.4) is 0 Å². The zero-order valence-corrected chi connectivity index (χ0v) is 18.1. The number of piperidine rings is 1. The van der Waals surface area contributed by atoms with Gasteiger partial charge in [0.2, 0.25) is 5.95 Å². The van der Waals surface area contributed by atoms with Gasteiger partial charge < -0.3 is 15.0 Å². The van der Waals surface area contributed by atoms with Gasteiger partial charge in [-0.05, 0) is 37.6 Å². The van der Waals surface area contributed by atoms with Gasteiger partial charge in [0.15, 0.2) is 0 Å². The molecule has 0 saturated carbocycles. The predicted molar refractivity (Wildman–Crippen MR) is 118 cm³/mol. The average Bonchev–Trinajstić information content (AvgIpc) is 2.80. The number of aromatic nitrogens is 2. The van der Waals surface area contributed by atoms with Crippen LogP contribution in [-0.2, 0) is 21.3 Å². The first-order valence-electron chi connectivity index (χ1n) is 10.7. The maximum Gasteiger partial charge on any atom is 0.286 e. The number of fused-ring (bicyclic) bond motifs is 1. The molecule has 4 heterocycles. The van der Waals surface area contributed by atoms with Gasteiger partial charge in [0.05, 0.1) is 24.6 Å². The minimum absolute atomic E-state index is 0.0393. The van der Waals surface area contributed by atoms with E-state index in [1.807, 2.05) is 18.3 Å². The van der Waals surface area contributed by atoms with E-state index in [9.17, 15) is 8.42 Å². The molecule has 164 valence electrons. The molecule has 1 unspecified atom stereocenters. The third kappa shape index (κ3) is 4.41. The molecule has 10 heteroatoms. The van der Waals surface area contributed by atoms with Crippen molar-refractivity contribution in [3.05, 3.63) is 42.2 Å². The Morgan fingerprint density at radius 2 is 1.97 bits per heavy atom. The number of nitrogens with zero attached hydrogens (tertiary/aromatic N) is 5. The predicted octanol–water partition coefficient (Wildman–Crippen LogP) is 1.74. The summed E-state index contributed by atoms with van der Waals surface area (Å²) in [7, 11) is -3.66. The highest BCUT2D eigenvalue weighted by Crippen LogP contribution is 2.30. The van der Waals surface area contributed by atoms with Crippen molar-refractivity contribution in [1.29, 1.82) is 0 Å². The molecule has 0 spiro atoms. The van der Waals surface area contributed by atoms with Crippen molar-refractivity contribution in [3.8, 4) is 0 Å². The van der Waals surface area contributed by atoms with E-state index >= 15 is 0 Å². The molecular weight excluding hydrogens is 416 g/mol. The second-order valence-corrected chi connectivity index (χ2v) is 9.67. The average molecular weight is 443 g/mol. The summed E-state index contributed by atoms with van der Waals surface area (Å²) in [5, 5.41) is 3.26. The van der Waals surface area contributed by atoms with Crippen molar-refractivity contribution in [2.24, 2.45) is 10.3 Å². The molecule has 2 aromatic rings. The second-order valence-electron chi connectivity index (χ2n) is 8.09. The van der Waals surface area contributed by atoms with E-state index in [0.717, 1.165) is 50.7 Å². The number of hydrogen-bond acceptors (Lipinski definition) is 8. The fourth-order valence-corrected chi connectivity index (χ4v) is 5.55. The highest BCUT2D eigenvalue weighted by Gasteiger charge is 2.31. The lowest BCUT2D eigenvalue weighted by Gasteiger charge is -2.34. The number of rotatable bonds is 4. The summed E-state index contributed by atoms with van der Waals surface area (Å²) >= 11 is 0. The summed E-state index contributed by atoms with van der Waals surface area (Å²) in [6.07, 6.45) is 3.70. The number of morpholine rings is 1. The van der Waals surface area contributed by atoms with Gasteiger partial charge in [-0.2, -0.15) is 8.42 Å². The summed E-state index contributed by atoms with van der Waals surface area (Å²) in [5.74, 6) is 1.33. The molecule has 3 aliphatic heterocycles. The van der Waals surface area contributed by atoms with E-state index in [1.54, 1.807) is 18.2 Å². The third-order valence-corrected chi connectivity index (χ3v) is 7.27. The zero-order chi connectivity index (χ0) is 21.3. The smallest absolute Gasteiger partial charge is 0.286 e. The fraction of sp³-hybridized carbons (Fsp3) is 0.476. The molecule has 0 radical (unpaired) electrons. The lowest BCUT2D eigenvalue weighted by molar-refractivity contribution is 0.122. The standard InChI is InChI=1S/C21H26N6O3S/c28-31(29)19-6-2-1-5-18(19)24-20(25-31)16-4-3-9-26(14-16)15-17-7-8-22-21(23-17)27-10-12-30-13-11-27/h1-2,5-8,16H,3-4,9-15H2,(H,24,25). The lowest BCUT2D eigenvalue weighted by atomic mass is 9.96. The van der Waals surface area contributed by atoms with Crippen molar-refractivity contribution in [2.75, 3.05) is 49.6 Å². The maximum atomic E-state index is 12.6. The van der Waals surface area contributed by atoms with Crippen LogP contribution in [0.2, 0.25) is 0 Å². The minimum atomic E-state index is -3.66. The van der Waals surface area contributed by atoms with Gasteiger partial charge in [-0.1, -0.05) is 12.1 Å². The van der Waals surface area contributed by atoms with E-state index in [-0.39, 0.29) is 10.8 Å². The van der Waals surface area contributed by atoms with Crippen LogP contribution in [0.25, 0.3) is 0 Å². The Kier molecular flexibility index (Phi) is 5.59. The van der Waals surface area contributed by atoms with Crippen molar-refractivity contribution in [1.82, 2.24) is 14.9 Å². The van der Waals surface area contributed by atoms with Gasteiger partial charge in [-0.15, -0.1) is 4.40 Å². The van der Waals surface area contributed by atoms with E-state index < -0.39 is 10.0 Å². The number of benzene rings is 1. The van der Waals surface area contributed by atoms with Crippen molar-refractivity contribution >= 4 is 27.5 Å². The van der Waals surface area contributed by atoms with Gasteiger partial charge in [-0.25, -0.2) is 9.97 Å². The molecule has 1 aromatic heterocycles. The Hall–Kier alpha value is -2.56. The highest BCUT2D eigenvalue weighted by molar-refractivity contribution is 7.90. The van der Waals surface area contributed by atoms with Gasteiger partial charge in [0.1, 0.15) is 10.7 Å². The number of likely N-dealkylation sites (tertiary alicyclic amines) is 1. The monoisotopic (exact) mass is 442 g/mol. The van der Waals surface area contributed by atoms with Crippen LogP contribution in [0.1, 0.15) is 18.5 Å². The van der Waals surface area contributed by atoms with Crippen LogP contribution < -0.4 is 10.2 Å². The summed E-state index contributed by atoms with van der Waals surface area (Å²) in [6.45, 7) is 5.38. The minimum Gasteiger partial charge on any atom is -0.378 e. The Bertz CT molecular complexity index is 1080. The normalized spacial score (nSPS) is 23.5. The topological polar surface area (TPSA) is 100 Å². The number of ether oxygens (including phenoxy) is 1. The van der Waals surface area contributed by atoms with Crippen LogP contribution >= 0.6 is 0 Å². The SMILES string of the molecule is O=S1(=O)N=C(C2CCCN(Cc3ccnc(N4CCOCC4)n3)C2)Nc2ccccc21. The molecule has 2 saturated heterocycles. The molecule has 31 heavy (non-hydrogen) atoms. The van der Waals surface area contributed by atoms with Crippen molar-refractivity contribution in [3.63, 3.8) is 0 Å². The summed E-state index contributed by atoms with van der Waals surface area (Å²) in [4.78, 5) is 13.9. The number of sulfonamides is 1. The summed E-state index contributed by atoms with van der Waals surface area (Å²) < 4.78 is 34.7. The molecule has 2 fully saturated rings. The molecule has 3 aliphatic rings. The molecule has 0 amide bonds. The van der Waals surface area contributed by atoms with Crippen LogP contribution in [-0.4, -0.2) is 68.5 Å².